The smallest absolute Gasteiger partial charge is 0.0247 e. The van der Waals surface area contributed by atoms with Gasteiger partial charge in [-0.3, -0.25) is 0 Å². The molecule has 74 valence electrons. The Morgan fingerprint density at radius 3 is 2.00 bits per heavy atom. The van der Waals surface area contributed by atoms with Gasteiger partial charge in [0.2, 0.25) is 0 Å². The lowest BCUT2D eigenvalue weighted by atomic mass is 9.41. The van der Waals surface area contributed by atoms with Gasteiger partial charge >= 0.3 is 0 Å². The molecule has 3 aliphatic carbocycles. The Kier molecular flexibility index (Phi) is 1.67. The van der Waals surface area contributed by atoms with Crippen molar-refractivity contribution in [3.8, 4) is 0 Å². The maximum atomic E-state index is 2.65. The maximum Gasteiger partial charge on any atom is 0.0247 e. The van der Waals surface area contributed by atoms with Crippen LogP contribution in [0.25, 0.3) is 0 Å². The van der Waals surface area contributed by atoms with Gasteiger partial charge in [-0.25, -0.2) is 0 Å². The first-order valence-corrected chi connectivity index (χ1v) is 6.38. The first kappa shape index (κ1) is 9.20. The number of rotatable bonds is 1. The number of hydrogen-bond donors (Lipinski definition) is 0. The summed E-state index contributed by atoms with van der Waals surface area (Å²) in [5.41, 5.74) is 5.27. The highest BCUT2D eigenvalue weighted by molar-refractivity contribution is 14.1. The standard InChI is InChI=1S/C13H15I/c1-9-4-3-5-10(2)11(9)12-6-13(14,7-12)8-12/h3-5H,6-8H2,1-2H3. The summed E-state index contributed by atoms with van der Waals surface area (Å²) >= 11 is 2.65. The van der Waals surface area contributed by atoms with Gasteiger partial charge < -0.3 is 0 Å². The monoisotopic (exact) mass is 298 g/mol. The number of benzene rings is 1. The minimum Gasteiger partial charge on any atom is -0.0788 e. The normalized spacial score (nSPS) is 38.8. The van der Waals surface area contributed by atoms with Crippen molar-refractivity contribution in [2.24, 2.45) is 0 Å². The summed E-state index contributed by atoms with van der Waals surface area (Å²) in [6, 6.07) is 6.71. The zero-order valence-corrected chi connectivity index (χ0v) is 10.9. The van der Waals surface area contributed by atoms with Crippen LogP contribution in [-0.4, -0.2) is 3.42 Å². The van der Waals surface area contributed by atoms with Crippen LogP contribution in [0.15, 0.2) is 18.2 Å². The second-order valence-corrected chi connectivity index (χ2v) is 7.52. The van der Waals surface area contributed by atoms with Crippen molar-refractivity contribution in [1.82, 2.24) is 0 Å². The molecule has 0 spiro atoms. The minimum atomic E-state index is 0.594. The van der Waals surface area contributed by atoms with Crippen LogP contribution in [-0.2, 0) is 5.41 Å². The van der Waals surface area contributed by atoms with Gasteiger partial charge in [-0.1, -0.05) is 40.8 Å². The fourth-order valence-electron chi connectivity index (χ4n) is 3.58. The van der Waals surface area contributed by atoms with Crippen molar-refractivity contribution >= 4 is 22.6 Å². The Labute approximate surface area is 99.2 Å². The highest BCUT2D eigenvalue weighted by atomic mass is 127. The van der Waals surface area contributed by atoms with Gasteiger partial charge in [0.15, 0.2) is 0 Å². The second kappa shape index (κ2) is 2.55. The molecule has 1 heteroatoms. The van der Waals surface area contributed by atoms with E-state index in [0.717, 1.165) is 0 Å². The predicted molar refractivity (Wildman–Crippen MR) is 68.2 cm³/mol. The van der Waals surface area contributed by atoms with E-state index in [4.69, 9.17) is 0 Å². The summed E-state index contributed by atoms with van der Waals surface area (Å²) in [7, 11) is 0. The first-order chi connectivity index (χ1) is 6.55. The summed E-state index contributed by atoms with van der Waals surface area (Å²) in [4.78, 5) is 0. The summed E-state index contributed by atoms with van der Waals surface area (Å²) < 4.78 is 0.687. The topological polar surface area (TPSA) is 0 Å². The summed E-state index contributed by atoms with van der Waals surface area (Å²) in [6.07, 6.45) is 4.27. The fourth-order valence-corrected chi connectivity index (χ4v) is 5.77. The van der Waals surface area contributed by atoms with E-state index in [1.165, 1.54) is 30.4 Å². The van der Waals surface area contributed by atoms with Gasteiger partial charge in [-0.05, 0) is 55.2 Å². The Balaban J connectivity index is 2.06. The van der Waals surface area contributed by atoms with Gasteiger partial charge in [0.05, 0.1) is 0 Å². The van der Waals surface area contributed by atoms with Crippen LogP contribution >= 0.6 is 22.6 Å². The van der Waals surface area contributed by atoms with E-state index in [1.54, 1.807) is 5.56 Å². The predicted octanol–water partition coefficient (Wildman–Crippen LogP) is 3.91. The van der Waals surface area contributed by atoms with E-state index in [2.05, 4.69) is 54.6 Å². The van der Waals surface area contributed by atoms with E-state index < -0.39 is 0 Å². The average molecular weight is 298 g/mol. The summed E-state index contributed by atoms with van der Waals surface area (Å²) in [5, 5.41) is 0. The van der Waals surface area contributed by atoms with E-state index in [9.17, 15) is 0 Å². The molecule has 4 rings (SSSR count). The van der Waals surface area contributed by atoms with Crippen molar-refractivity contribution in [2.45, 2.75) is 41.9 Å². The molecule has 0 heterocycles. The van der Waals surface area contributed by atoms with E-state index in [1.807, 2.05) is 0 Å². The lowest BCUT2D eigenvalue weighted by molar-refractivity contribution is 0.0209. The molecule has 0 amide bonds. The van der Waals surface area contributed by atoms with Crippen molar-refractivity contribution in [1.29, 1.82) is 0 Å². The molecule has 0 atom stereocenters. The second-order valence-electron chi connectivity index (χ2n) is 5.23. The van der Waals surface area contributed by atoms with E-state index in [0.29, 0.717) is 8.84 Å². The molecule has 0 aromatic heterocycles. The van der Waals surface area contributed by atoms with Gasteiger partial charge in [-0.2, -0.15) is 0 Å². The number of alkyl halides is 1. The Bertz CT molecular complexity index is 366. The van der Waals surface area contributed by atoms with Crippen molar-refractivity contribution in [2.75, 3.05) is 0 Å². The van der Waals surface area contributed by atoms with Crippen LogP contribution in [0.4, 0.5) is 0 Å². The molecule has 3 saturated carbocycles. The molecule has 0 nitrogen and oxygen atoms in total. The van der Waals surface area contributed by atoms with Crippen LogP contribution in [0.1, 0.15) is 36.0 Å². The molecular weight excluding hydrogens is 283 g/mol. The molecular formula is C13H15I. The van der Waals surface area contributed by atoms with E-state index in [-0.39, 0.29) is 0 Å². The minimum absolute atomic E-state index is 0.594. The van der Waals surface area contributed by atoms with Gasteiger partial charge in [-0.15, -0.1) is 0 Å². The van der Waals surface area contributed by atoms with E-state index >= 15 is 0 Å². The third-order valence-electron chi connectivity index (χ3n) is 3.98. The molecule has 0 radical (unpaired) electrons. The lowest BCUT2D eigenvalue weighted by Crippen LogP contribution is -2.66. The van der Waals surface area contributed by atoms with Crippen LogP contribution in [0.5, 0.6) is 0 Å². The van der Waals surface area contributed by atoms with Crippen LogP contribution in [0, 0.1) is 13.8 Å². The van der Waals surface area contributed by atoms with Crippen LogP contribution in [0.2, 0.25) is 0 Å². The molecule has 1 aromatic rings. The number of aryl methyl sites for hydroxylation is 2. The Hall–Kier alpha value is -0.0500. The van der Waals surface area contributed by atoms with Crippen LogP contribution < -0.4 is 0 Å². The zero-order chi connectivity index (χ0) is 9.97. The highest BCUT2D eigenvalue weighted by Crippen LogP contribution is 2.72. The SMILES string of the molecule is Cc1cccc(C)c1C12CC(I)(C1)C2. The largest absolute Gasteiger partial charge is 0.0788 e. The molecule has 0 unspecified atom stereocenters. The molecule has 2 bridgehead atoms. The molecule has 0 saturated heterocycles. The van der Waals surface area contributed by atoms with Gasteiger partial charge in [0.25, 0.3) is 0 Å². The van der Waals surface area contributed by atoms with Crippen molar-refractivity contribution in [3.05, 3.63) is 34.9 Å². The molecule has 1 aromatic carbocycles. The van der Waals surface area contributed by atoms with Crippen molar-refractivity contribution < 1.29 is 0 Å². The molecule has 0 aliphatic heterocycles. The van der Waals surface area contributed by atoms with Crippen LogP contribution in [0.3, 0.4) is 0 Å². The maximum absolute atomic E-state index is 2.65. The third-order valence-corrected chi connectivity index (χ3v) is 5.12. The van der Waals surface area contributed by atoms with Gasteiger partial charge in [0, 0.05) is 3.42 Å². The number of hydrogen-bond acceptors (Lipinski definition) is 0. The van der Waals surface area contributed by atoms with Gasteiger partial charge in [0.1, 0.15) is 0 Å². The first-order valence-electron chi connectivity index (χ1n) is 5.30. The zero-order valence-electron chi connectivity index (χ0n) is 8.73. The fraction of sp³-hybridized carbons (Fsp3) is 0.538. The number of halogens is 1. The summed E-state index contributed by atoms with van der Waals surface area (Å²) in [6.45, 7) is 4.53. The Morgan fingerprint density at radius 2 is 1.57 bits per heavy atom. The van der Waals surface area contributed by atoms with Crippen molar-refractivity contribution in [3.63, 3.8) is 0 Å². The lowest BCUT2D eigenvalue weighted by Gasteiger charge is -2.69. The summed E-state index contributed by atoms with van der Waals surface area (Å²) in [5.74, 6) is 0. The molecule has 3 aliphatic rings. The third kappa shape index (κ3) is 0.995. The molecule has 0 N–H and O–H groups in total. The highest BCUT2D eigenvalue weighted by Gasteiger charge is 2.67. The Morgan fingerprint density at radius 1 is 1.07 bits per heavy atom. The quantitative estimate of drug-likeness (QED) is 0.544. The molecule has 3 fully saturated rings. The molecule has 14 heavy (non-hydrogen) atoms. The average Bonchev–Trinajstić information content (AvgIpc) is 1.98.